The van der Waals surface area contributed by atoms with Gasteiger partial charge in [0.1, 0.15) is 0 Å². The molecule has 0 aliphatic carbocycles. The van der Waals surface area contributed by atoms with Gasteiger partial charge in [0.25, 0.3) is 0 Å². The maximum atomic E-state index is 10.5. The Labute approximate surface area is 78.5 Å². The minimum atomic E-state index is -0.987. The van der Waals surface area contributed by atoms with Gasteiger partial charge in [-0.1, -0.05) is 0 Å². The van der Waals surface area contributed by atoms with Crippen LogP contribution in [0.4, 0.5) is 0 Å². The molecule has 4 heteroatoms. The Kier molecular flexibility index (Phi) is 4.36. The smallest absolute Gasteiger partial charge is 0.308 e. The Hall–Kier alpha value is -0.610. The lowest BCUT2D eigenvalue weighted by Gasteiger charge is -2.27. The summed E-state index contributed by atoms with van der Waals surface area (Å²) in [5, 5.41) is 18.1. The second-order valence-electron chi connectivity index (χ2n) is 3.86. The molecule has 0 heterocycles. The minimum absolute atomic E-state index is 0.316. The third-order valence-corrected chi connectivity index (χ3v) is 2.22. The molecule has 0 aromatic heterocycles. The molecule has 0 rings (SSSR count). The first-order valence-electron chi connectivity index (χ1n) is 4.26. The van der Waals surface area contributed by atoms with Gasteiger partial charge in [-0.3, -0.25) is 4.79 Å². The summed E-state index contributed by atoms with van der Waals surface area (Å²) in [6.45, 7) is 5.11. The van der Waals surface area contributed by atoms with E-state index in [1.54, 1.807) is 0 Å². The molecule has 0 aliphatic heterocycles. The number of carboxylic acid groups (broad SMARTS) is 1. The van der Waals surface area contributed by atoms with E-state index in [-0.39, 0.29) is 0 Å². The summed E-state index contributed by atoms with van der Waals surface area (Å²) in [6.07, 6.45) is -0.552. The Morgan fingerprint density at radius 2 is 2.00 bits per heavy atom. The van der Waals surface area contributed by atoms with Gasteiger partial charge in [-0.15, -0.1) is 0 Å². The molecule has 78 valence electrons. The number of hydrogen-bond donors (Lipinski definition) is 2. The molecule has 2 atom stereocenters. The van der Waals surface area contributed by atoms with Gasteiger partial charge < -0.3 is 14.9 Å². The molecule has 2 N–H and O–H groups in total. The Bertz CT molecular complexity index is 176. The molecule has 0 aliphatic rings. The summed E-state index contributed by atoms with van der Waals surface area (Å²) in [5.74, 6) is -1.74. The van der Waals surface area contributed by atoms with Crippen molar-refractivity contribution in [2.45, 2.75) is 38.9 Å². The van der Waals surface area contributed by atoms with Gasteiger partial charge in [0.15, 0.2) is 0 Å². The summed E-state index contributed by atoms with van der Waals surface area (Å²) < 4.78 is 5.09. The van der Waals surface area contributed by atoms with Crippen molar-refractivity contribution < 1.29 is 19.7 Å². The van der Waals surface area contributed by atoms with Crippen LogP contribution in [0.3, 0.4) is 0 Å². The zero-order chi connectivity index (χ0) is 10.6. The van der Waals surface area contributed by atoms with Crippen LogP contribution in [0.25, 0.3) is 0 Å². The zero-order valence-corrected chi connectivity index (χ0v) is 8.57. The van der Waals surface area contributed by atoms with Crippen molar-refractivity contribution in [3.8, 4) is 0 Å². The minimum Gasteiger partial charge on any atom is -0.481 e. The standard InChI is InChI=1S/C9H18O4/c1-6(8(11)12)7(10)5-9(2,3)13-4/h6-7,10H,5H2,1-4H3,(H,11,12). The van der Waals surface area contributed by atoms with Gasteiger partial charge in [-0.25, -0.2) is 0 Å². The number of methoxy groups -OCH3 is 1. The number of hydrogen-bond acceptors (Lipinski definition) is 3. The molecule has 2 unspecified atom stereocenters. The molecule has 0 fully saturated rings. The van der Waals surface area contributed by atoms with Crippen molar-refractivity contribution in [3.63, 3.8) is 0 Å². The number of carbonyl (C=O) groups is 1. The highest BCUT2D eigenvalue weighted by molar-refractivity contribution is 5.70. The van der Waals surface area contributed by atoms with Crippen LogP contribution in [0.15, 0.2) is 0 Å². The maximum absolute atomic E-state index is 10.5. The van der Waals surface area contributed by atoms with Crippen LogP contribution in [0, 0.1) is 5.92 Å². The highest BCUT2D eigenvalue weighted by atomic mass is 16.5. The monoisotopic (exact) mass is 190 g/mol. The third-order valence-electron chi connectivity index (χ3n) is 2.22. The second-order valence-corrected chi connectivity index (χ2v) is 3.86. The van der Waals surface area contributed by atoms with Crippen molar-refractivity contribution >= 4 is 5.97 Å². The predicted octanol–water partition coefficient (Wildman–Crippen LogP) is 0.883. The van der Waals surface area contributed by atoms with E-state index >= 15 is 0 Å². The van der Waals surface area contributed by atoms with Crippen molar-refractivity contribution in [1.82, 2.24) is 0 Å². The first-order chi connectivity index (χ1) is 5.80. The van der Waals surface area contributed by atoms with E-state index in [1.165, 1.54) is 14.0 Å². The van der Waals surface area contributed by atoms with Crippen molar-refractivity contribution in [2.24, 2.45) is 5.92 Å². The van der Waals surface area contributed by atoms with E-state index in [4.69, 9.17) is 9.84 Å². The predicted molar refractivity (Wildman–Crippen MR) is 48.5 cm³/mol. The van der Waals surface area contributed by atoms with Crippen molar-refractivity contribution in [2.75, 3.05) is 7.11 Å². The van der Waals surface area contributed by atoms with Gasteiger partial charge >= 0.3 is 5.97 Å². The number of aliphatic hydroxyl groups excluding tert-OH is 1. The van der Waals surface area contributed by atoms with Gasteiger partial charge in [0, 0.05) is 13.5 Å². The molecule has 0 radical (unpaired) electrons. The number of aliphatic carboxylic acids is 1. The Morgan fingerprint density at radius 1 is 1.54 bits per heavy atom. The average molecular weight is 190 g/mol. The molecule has 0 spiro atoms. The average Bonchev–Trinajstić information content (AvgIpc) is 2.02. The summed E-state index contributed by atoms with van der Waals surface area (Å²) in [7, 11) is 1.54. The lowest BCUT2D eigenvalue weighted by Crippen LogP contribution is -2.34. The normalized spacial score (nSPS) is 16.7. The van der Waals surface area contributed by atoms with Gasteiger partial charge in [-0.2, -0.15) is 0 Å². The fraction of sp³-hybridized carbons (Fsp3) is 0.889. The van der Waals surface area contributed by atoms with Gasteiger partial charge in [0.05, 0.1) is 17.6 Å². The molecule has 13 heavy (non-hydrogen) atoms. The van der Waals surface area contributed by atoms with Gasteiger partial charge in [-0.05, 0) is 20.8 Å². The summed E-state index contributed by atoms with van der Waals surface area (Å²) in [4.78, 5) is 10.5. The van der Waals surface area contributed by atoms with Crippen molar-refractivity contribution in [3.05, 3.63) is 0 Å². The quantitative estimate of drug-likeness (QED) is 0.675. The van der Waals surface area contributed by atoms with Crippen LogP contribution in [0.5, 0.6) is 0 Å². The van der Waals surface area contributed by atoms with E-state index in [0.29, 0.717) is 6.42 Å². The van der Waals surface area contributed by atoms with Crippen molar-refractivity contribution in [1.29, 1.82) is 0 Å². The third kappa shape index (κ3) is 4.24. The van der Waals surface area contributed by atoms with Crippen LogP contribution < -0.4 is 0 Å². The van der Waals surface area contributed by atoms with Crippen LogP contribution in [-0.4, -0.2) is 35.0 Å². The van der Waals surface area contributed by atoms with Crippen LogP contribution in [0.2, 0.25) is 0 Å². The summed E-state index contributed by atoms with van der Waals surface area (Å²) >= 11 is 0. The topological polar surface area (TPSA) is 66.8 Å². The molecule has 0 bridgehead atoms. The lowest BCUT2D eigenvalue weighted by atomic mass is 9.93. The molecule has 0 saturated heterocycles. The highest BCUT2D eigenvalue weighted by Crippen LogP contribution is 2.19. The van der Waals surface area contributed by atoms with E-state index in [2.05, 4.69) is 0 Å². The summed E-state index contributed by atoms with van der Waals surface area (Å²) in [6, 6.07) is 0. The fourth-order valence-corrected chi connectivity index (χ4v) is 0.928. The number of carboxylic acids is 1. The zero-order valence-electron chi connectivity index (χ0n) is 8.57. The molecular formula is C9H18O4. The van der Waals surface area contributed by atoms with Crippen LogP contribution in [-0.2, 0) is 9.53 Å². The van der Waals surface area contributed by atoms with E-state index in [9.17, 15) is 9.90 Å². The fourth-order valence-electron chi connectivity index (χ4n) is 0.928. The first-order valence-corrected chi connectivity index (χ1v) is 4.26. The largest absolute Gasteiger partial charge is 0.481 e. The lowest BCUT2D eigenvalue weighted by molar-refractivity contribution is -0.146. The highest BCUT2D eigenvalue weighted by Gasteiger charge is 2.28. The summed E-state index contributed by atoms with van der Waals surface area (Å²) in [5.41, 5.74) is -0.483. The van der Waals surface area contributed by atoms with E-state index < -0.39 is 23.6 Å². The van der Waals surface area contributed by atoms with E-state index in [1.807, 2.05) is 13.8 Å². The second kappa shape index (κ2) is 4.58. The molecule has 0 aromatic rings. The maximum Gasteiger partial charge on any atom is 0.308 e. The molecular weight excluding hydrogens is 172 g/mol. The molecule has 0 amide bonds. The van der Waals surface area contributed by atoms with Crippen LogP contribution >= 0.6 is 0 Å². The molecule has 0 saturated carbocycles. The van der Waals surface area contributed by atoms with E-state index in [0.717, 1.165) is 0 Å². The van der Waals surface area contributed by atoms with Crippen LogP contribution in [0.1, 0.15) is 27.2 Å². The number of aliphatic hydroxyl groups is 1. The number of ether oxygens (including phenoxy) is 1. The van der Waals surface area contributed by atoms with Gasteiger partial charge in [0.2, 0.25) is 0 Å². The molecule has 0 aromatic carbocycles. The SMILES string of the molecule is COC(C)(C)CC(O)C(C)C(=O)O. The Morgan fingerprint density at radius 3 is 2.31 bits per heavy atom. The number of rotatable bonds is 5. The molecule has 4 nitrogen and oxygen atoms in total. The first kappa shape index (κ1) is 12.4. The Balaban J connectivity index is 4.14.